The molecule has 0 spiro atoms. The Balaban J connectivity index is 1.05. The van der Waals surface area contributed by atoms with Crippen LogP contribution in [0.15, 0.2) is 54.7 Å². The predicted molar refractivity (Wildman–Crippen MR) is 140 cm³/mol. The molecule has 2 saturated heterocycles. The lowest BCUT2D eigenvalue weighted by Gasteiger charge is -2.33. The Morgan fingerprint density at radius 3 is 2.74 bits per heavy atom. The van der Waals surface area contributed by atoms with Gasteiger partial charge in [-0.1, -0.05) is 18.2 Å². The zero-order valence-corrected chi connectivity index (χ0v) is 20.4. The summed E-state index contributed by atoms with van der Waals surface area (Å²) in [7, 11) is 1.66. The molecule has 6 heteroatoms. The lowest BCUT2D eigenvalue weighted by atomic mass is 9.89. The second-order valence-electron chi connectivity index (χ2n) is 10.1. The molecule has 0 saturated carbocycles. The number of aromatic amines is 2. The monoisotopic (exact) mass is 470 g/mol. The van der Waals surface area contributed by atoms with Gasteiger partial charge in [-0.3, -0.25) is 4.79 Å². The molecular formula is C29H34N4O2. The number of aromatic nitrogens is 2. The molecule has 182 valence electrons. The van der Waals surface area contributed by atoms with Crippen LogP contribution in [0.3, 0.4) is 0 Å². The largest absolute Gasteiger partial charge is 0.497 e. The number of nitrogens with zero attached hydrogens (tertiary/aromatic N) is 2. The zero-order chi connectivity index (χ0) is 23.8. The van der Waals surface area contributed by atoms with E-state index in [-0.39, 0.29) is 5.91 Å². The highest BCUT2D eigenvalue weighted by Gasteiger charge is 2.31. The molecule has 2 N–H and O–H groups in total. The number of piperidine rings is 1. The quantitative estimate of drug-likeness (QED) is 0.389. The summed E-state index contributed by atoms with van der Waals surface area (Å²) < 4.78 is 5.32. The van der Waals surface area contributed by atoms with Gasteiger partial charge in [0.05, 0.1) is 7.11 Å². The molecule has 2 aliphatic rings. The lowest BCUT2D eigenvalue weighted by Crippen LogP contribution is -2.40. The summed E-state index contributed by atoms with van der Waals surface area (Å²) in [4.78, 5) is 24.8. The summed E-state index contributed by atoms with van der Waals surface area (Å²) >= 11 is 0. The van der Waals surface area contributed by atoms with Gasteiger partial charge in [-0.05, 0) is 80.9 Å². The first-order valence-corrected chi connectivity index (χ1v) is 13.0. The fourth-order valence-electron chi connectivity index (χ4n) is 6.14. The highest BCUT2D eigenvalue weighted by molar-refractivity contribution is 5.98. The van der Waals surface area contributed by atoms with Crippen LogP contribution in [0.2, 0.25) is 0 Å². The van der Waals surface area contributed by atoms with Crippen LogP contribution >= 0.6 is 0 Å². The summed E-state index contributed by atoms with van der Waals surface area (Å²) in [5, 5.41) is 2.42. The van der Waals surface area contributed by atoms with E-state index in [4.69, 9.17) is 4.74 Å². The van der Waals surface area contributed by atoms with E-state index in [1.807, 2.05) is 24.3 Å². The van der Waals surface area contributed by atoms with Crippen molar-refractivity contribution in [3.63, 3.8) is 0 Å². The number of rotatable bonds is 6. The Labute approximate surface area is 206 Å². The molecule has 0 bridgehead atoms. The fourth-order valence-corrected chi connectivity index (χ4v) is 6.14. The van der Waals surface area contributed by atoms with Gasteiger partial charge in [0.25, 0.3) is 5.91 Å². The topological polar surface area (TPSA) is 64.4 Å². The van der Waals surface area contributed by atoms with E-state index in [9.17, 15) is 4.79 Å². The minimum atomic E-state index is 0.126. The van der Waals surface area contributed by atoms with E-state index in [1.54, 1.807) is 7.11 Å². The van der Waals surface area contributed by atoms with Crippen molar-refractivity contribution in [2.75, 3.05) is 33.3 Å². The van der Waals surface area contributed by atoms with Crippen LogP contribution in [0.4, 0.5) is 0 Å². The van der Waals surface area contributed by atoms with Crippen molar-refractivity contribution in [2.24, 2.45) is 0 Å². The number of methoxy groups -OCH3 is 1. The molecule has 6 rings (SSSR count). The molecular weight excluding hydrogens is 436 g/mol. The van der Waals surface area contributed by atoms with Gasteiger partial charge in [-0.15, -0.1) is 0 Å². The van der Waals surface area contributed by atoms with Crippen molar-refractivity contribution in [3.8, 4) is 5.75 Å². The molecule has 0 radical (unpaired) electrons. The van der Waals surface area contributed by atoms with E-state index < -0.39 is 0 Å². The number of fused-ring (bicyclic) bond motifs is 2. The molecule has 2 aromatic heterocycles. The van der Waals surface area contributed by atoms with Gasteiger partial charge in [0.2, 0.25) is 0 Å². The van der Waals surface area contributed by atoms with Gasteiger partial charge in [-0.2, -0.15) is 0 Å². The number of H-pyrrole nitrogens is 2. The minimum absolute atomic E-state index is 0.126. The van der Waals surface area contributed by atoms with E-state index in [0.29, 0.717) is 17.7 Å². The summed E-state index contributed by atoms with van der Waals surface area (Å²) in [5.74, 6) is 1.55. The van der Waals surface area contributed by atoms with Crippen LogP contribution in [0.5, 0.6) is 5.75 Å². The van der Waals surface area contributed by atoms with Gasteiger partial charge in [0.15, 0.2) is 0 Å². The third kappa shape index (κ3) is 4.31. The van der Waals surface area contributed by atoms with E-state index in [2.05, 4.69) is 50.2 Å². The average molecular weight is 471 g/mol. The van der Waals surface area contributed by atoms with Gasteiger partial charge in [-0.25, -0.2) is 0 Å². The molecule has 6 nitrogen and oxygen atoms in total. The first-order chi connectivity index (χ1) is 17.2. The molecule has 4 heterocycles. The third-order valence-corrected chi connectivity index (χ3v) is 8.13. The van der Waals surface area contributed by atoms with Gasteiger partial charge in [0, 0.05) is 53.2 Å². The number of ether oxygens (including phenoxy) is 1. The predicted octanol–water partition coefficient (Wildman–Crippen LogP) is 5.53. The number of carbonyl (C=O) groups is 1. The van der Waals surface area contributed by atoms with E-state index >= 15 is 0 Å². The van der Waals surface area contributed by atoms with Crippen molar-refractivity contribution in [1.29, 1.82) is 0 Å². The van der Waals surface area contributed by atoms with Gasteiger partial charge >= 0.3 is 0 Å². The maximum absolute atomic E-state index is 13.4. The second-order valence-corrected chi connectivity index (χ2v) is 10.1. The number of hydrogen-bond acceptors (Lipinski definition) is 3. The van der Waals surface area contributed by atoms with Crippen molar-refractivity contribution in [3.05, 3.63) is 66.0 Å². The van der Waals surface area contributed by atoms with Crippen LogP contribution in [-0.4, -0.2) is 65.0 Å². The van der Waals surface area contributed by atoms with E-state index in [1.165, 1.54) is 29.3 Å². The Morgan fingerprint density at radius 2 is 1.89 bits per heavy atom. The molecule has 4 aromatic rings. The van der Waals surface area contributed by atoms with E-state index in [0.717, 1.165) is 62.1 Å². The Bertz CT molecular complexity index is 1330. The third-order valence-electron chi connectivity index (χ3n) is 8.13. The molecule has 0 aliphatic carbocycles. The normalized spacial score (nSPS) is 19.7. The number of para-hydroxylation sites is 1. The number of hydrogen-bond donors (Lipinski definition) is 2. The molecule has 2 aliphatic heterocycles. The summed E-state index contributed by atoms with van der Waals surface area (Å²) in [5.41, 5.74) is 4.34. The number of nitrogens with one attached hydrogen (secondary N) is 2. The standard InChI is InChI=1S/C29H34N4O2/c1-35-23-9-8-21-17-28(31-27(21)18-23)29(34)33-13-4-5-22(33)12-16-32-14-10-20(11-15-32)25-19-30-26-7-3-2-6-24(25)26/h2-3,6-9,17-20,22,30-31H,4-5,10-16H2,1H3/t22-/m0/s1. The van der Waals surface area contributed by atoms with Crippen LogP contribution in [0, 0.1) is 0 Å². The highest BCUT2D eigenvalue weighted by Crippen LogP contribution is 2.33. The number of likely N-dealkylation sites (tertiary alicyclic amines) is 2. The average Bonchev–Trinajstić information content (AvgIpc) is 3.65. The van der Waals surface area contributed by atoms with Crippen molar-refractivity contribution in [1.82, 2.24) is 19.8 Å². The fraction of sp³-hybridized carbons (Fsp3) is 0.414. The number of amides is 1. The van der Waals surface area contributed by atoms with Crippen LogP contribution < -0.4 is 4.74 Å². The Hall–Kier alpha value is -3.25. The first kappa shape index (κ1) is 22.2. The maximum Gasteiger partial charge on any atom is 0.270 e. The van der Waals surface area contributed by atoms with Crippen molar-refractivity contribution in [2.45, 2.75) is 44.1 Å². The Kier molecular flexibility index (Phi) is 5.98. The van der Waals surface area contributed by atoms with Crippen molar-refractivity contribution >= 4 is 27.7 Å². The summed E-state index contributed by atoms with van der Waals surface area (Å²) in [6, 6.07) is 16.8. The second kappa shape index (κ2) is 9.42. The zero-order valence-electron chi connectivity index (χ0n) is 20.4. The number of benzene rings is 2. The molecule has 35 heavy (non-hydrogen) atoms. The summed E-state index contributed by atoms with van der Waals surface area (Å²) in [6.07, 6.45) is 7.87. The van der Waals surface area contributed by atoms with Crippen LogP contribution in [0.1, 0.15) is 54.1 Å². The molecule has 0 unspecified atom stereocenters. The highest BCUT2D eigenvalue weighted by atomic mass is 16.5. The smallest absolute Gasteiger partial charge is 0.270 e. The van der Waals surface area contributed by atoms with Crippen LogP contribution in [0.25, 0.3) is 21.8 Å². The molecule has 1 amide bonds. The molecule has 2 fully saturated rings. The SMILES string of the molecule is COc1ccc2cc(C(=O)N3CCC[C@H]3CCN3CCC(c4c[nH]c5ccccc45)CC3)[nH]c2c1. The van der Waals surface area contributed by atoms with Crippen LogP contribution in [-0.2, 0) is 0 Å². The molecule has 2 aromatic carbocycles. The van der Waals surface area contributed by atoms with Gasteiger partial charge in [0.1, 0.15) is 11.4 Å². The van der Waals surface area contributed by atoms with Crippen molar-refractivity contribution < 1.29 is 9.53 Å². The summed E-state index contributed by atoms with van der Waals surface area (Å²) in [6.45, 7) is 4.19. The van der Waals surface area contributed by atoms with Gasteiger partial charge < -0.3 is 24.5 Å². The maximum atomic E-state index is 13.4. The minimum Gasteiger partial charge on any atom is -0.497 e. The number of carbonyl (C=O) groups excluding carboxylic acids is 1. The first-order valence-electron chi connectivity index (χ1n) is 13.0. The lowest BCUT2D eigenvalue weighted by molar-refractivity contribution is 0.0712. The Morgan fingerprint density at radius 1 is 1.03 bits per heavy atom. The molecule has 1 atom stereocenters.